The van der Waals surface area contributed by atoms with Crippen molar-refractivity contribution in [3.05, 3.63) is 58.1 Å². The molecular weight excluding hydrogens is 354 g/mol. The predicted octanol–water partition coefficient (Wildman–Crippen LogP) is 2.56. The number of anilines is 1. The van der Waals surface area contributed by atoms with Crippen LogP contribution in [0.4, 0.5) is 5.82 Å². The molecule has 3 aromatic rings. The highest BCUT2D eigenvalue weighted by Crippen LogP contribution is 2.31. The minimum absolute atomic E-state index is 0.201. The highest BCUT2D eigenvalue weighted by Gasteiger charge is 2.21. The van der Waals surface area contributed by atoms with Crippen LogP contribution < -0.4 is 5.73 Å². The number of nitrogen functional groups attached to an aromatic ring is 1. The van der Waals surface area contributed by atoms with Gasteiger partial charge in [0.15, 0.2) is 0 Å². The summed E-state index contributed by atoms with van der Waals surface area (Å²) in [6.07, 6.45) is 3.13. The van der Waals surface area contributed by atoms with Crippen LogP contribution in [0.5, 0.6) is 0 Å². The van der Waals surface area contributed by atoms with Crippen LogP contribution >= 0.6 is 11.6 Å². The number of hydrogen-bond donors (Lipinski definition) is 1. The Hall–Kier alpha value is -2.77. The number of aromatic nitrogens is 3. The van der Waals surface area contributed by atoms with Crippen LogP contribution in [0.1, 0.15) is 27.3 Å². The van der Waals surface area contributed by atoms with Gasteiger partial charge in [-0.2, -0.15) is 0 Å². The van der Waals surface area contributed by atoms with Gasteiger partial charge < -0.3 is 15.4 Å². The summed E-state index contributed by atoms with van der Waals surface area (Å²) in [4.78, 5) is 27.2. The molecule has 0 atom stereocenters. The monoisotopic (exact) mass is 369 g/mol. The second-order valence-corrected chi connectivity index (χ2v) is 6.60. The zero-order chi connectivity index (χ0) is 18.3. The maximum atomic E-state index is 12.8. The number of hydrogen-bond acceptors (Lipinski definition) is 6. The lowest BCUT2D eigenvalue weighted by molar-refractivity contribution is 0.0778. The van der Waals surface area contributed by atoms with Crippen molar-refractivity contribution in [3.63, 3.8) is 0 Å². The van der Waals surface area contributed by atoms with Gasteiger partial charge >= 0.3 is 0 Å². The van der Waals surface area contributed by atoms with Gasteiger partial charge in [-0.3, -0.25) is 9.78 Å². The van der Waals surface area contributed by atoms with Crippen molar-refractivity contribution in [1.29, 1.82) is 0 Å². The molecular formula is C18H16ClN5O2. The lowest BCUT2D eigenvalue weighted by Crippen LogP contribution is -2.27. The summed E-state index contributed by atoms with van der Waals surface area (Å²) < 4.78 is 5.49. The molecule has 1 amide bonds. The van der Waals surface area contributed by atoms with Gasteiger partial charge in [-0.1, -0.05) is 11.6 Å². The molecule has 132 valence electrons. The molecule has 0 saturated carbocycles. The fourth-order valence-electron chi connectivity index (χ4n) is 3.00. The van der Waals surface area contributed by atoms with E-state index in [1.54, 1.807) is 42.5 Å². The summed E-state index contributed by atoms with van der Waals surface area (Å²) in [7, 11) is 1.71. The van der Waals surface area contributed by atoms with Crippen molar-refractivity contribution in [1.82, 2.24) is 19.9 Å². The third-order valence-corrected chi connectivity index (χ3v) is 4.59. The molecule has 2 N–H and O–H groups in total. The molecule has 0 fully saturated rings. The van der Waals surface area contributed by atoms with E-state index in [4.69, 9.17) is 22.1 Å². The molecule has 8 heteroatoms. The summed E-state index contributed by atoms with van der Waals surface area (Å²) in [5.41, 5.74) is 9.58. The average molecular weight is 370 g/mol. The number of carbonyl (C=O) groups is 1. The van der Waals surface area contributed by atoms with Gasteiger partial charge in [0.25, 0.3) is 5.91 Å². The SMILES string of the molecule is CN(Cc1ccc(Cl)cn1)C(=O)c1cc2c3c(c(N)nc2cn1)COC3. The van der Waals surface area contributed by atoms with Crippen molar-refractivity contribution in [3.8, 4) is 0 Å². The standard InChI is InChI=1S/C18H16ClN5O2/c1-24(7-11-3-2-10(19)5-21-11)18(25)15-4-12-13-8-26-9-14(13)17(20)23-16(12)6-22-15/h2-6H,7-9H2,1H3,(H2,20,23). The molecule has 0 spiro atoms. The van der Waals surface area contributed by atoms with E-state index in [-0.39, 0.29) is 5.91 Å². The van der Waals surface area contributed by atoms with E-state index in [1.807, 2.05) is 0 Å². The lowest BCUT2D eigenvalue weighted by atomic mass is 10.1. The Morgan fingerprint density at radius 2 is 2.08 bits per heavy atom. The predicted molar refractivity (Wildman–Crippen MR) is 97.5 cm³/mol. The van der Waals surface area contributed by atoms with E-state index in [0.29, 0.717) is 41.8 Å². The van der Waals surface area contributed by atoms with Gasteiger partial charge in [-0.15, -0.1) is 0 Å². The second kappa shape index (κ2) is 6.51. The Kier molecular flexibility index (Phi) is 4.18. The minimum Gasteiger partial charge on any atom is -0.383 e. The third kappa shape index (κ3) is 2.95. The zero-order valence-electron chi connectivity index (χ0n) is 14.1. The van der Waals surface area contributed by atoms with Crippen LogP contribution in [0.15, 0.2) is 30.6 Å². The molecule has 4 rings (SSSR count). The van der Waals surface area contributed by atoms with Crippen LogP contribution in [-0.2, 0) is 24.5 Å². The summed E-state index contributed by atoms with van der Waals surface area (Å²) >= 11 is 5.84. The van der Waals surface area contributed by atoms with Crippen molar-refractivity contribution in [2.24, 2.45) is 0 Å². The Morgan fingerprint density at radius 1 is 1.27 bits per heavy atom. The third-order valence-electron chi connectivity index (χ3n) is 4.37. The molecule has 7 nitrogen and oxygen atoms in total. The maximum absolute atomic E-state index is 12.8. The first-order valence-electron chi connectivity index (χ1n) is 8.03. The van der Waals surface area contributed by atoms with Gasteiger partial charge in [0, 0.05) is 24.2 Å². The average Bonchev–Trinajstić information content (AvgIpc) is 3.14. The first kappa shape index (κ1) is 16.7. The number of carbonyl (C=O) groups excluding carboxylic acids is 1. The quantitative estimate of drug-likeness (QED) is 0.762. The first-order valence-corrected chi connectivity index (χ1v) is 8.41. The van der Waals surface area contributed by atoms with Crippen LogP contribution in [0.2, 0.25) is 5.02 Å². The number of halogens is 1. The fourth-order valence-corrected chi connectivity index (χ4v) is 3.11. The summed E-state index contributed by atoms with van der Waals surface area (Å²) in [6, 6.07) is 5.29. The van der Waals surface area contributed by atoms with Crippen LogP contribution in [0.3, 0.4) is 0 Å². The normalized spacial score (nSPS) is 13.0. The number of pyridine rings is 3. The van der Waals surface area contributed by atoms with E-state index in [0.717, 1.165) is 22.2 Å². The molecule has 0 radical (unpaired) electrons. The molecule has 0 saturated heterocycles. The van der Waals surface area contributed by atoms with Gasteiger partial charge in [0.05, 0.1) is 42.2 Å². The first-order chi connectivity index (χ1) is 12.5. The highest BCUT2D eigenvalue weighted by atomic mass is 35.5. The Bertz CT molecular complexity index is 1010. The van der Waals surface area contributed by atoms with E-state index >= 15 is 0 Å². The topological polar surface area (TPSA) is 94.2 Å². The lowest BCUT2D eigenvalue weighted by Gasteiger charge is -2.17. The number of nitrogens with two attached hydrogens (primary N) is 1. The maximum Gasteiger partial charge on any atom is 0.272 e. The number of nitrogens with zero attached hydrogens (tertiary/aromatic N) is 4. The molecule has 0 aromatic carbocycles. The summed E-state index contributed by atoms with van der Waals surface area (Å²) in [5.74, 6) is 0.255. The van der Waals surface area contributed by atoms with E-state index in [1.165, 1.54) is 0 Å². The number of ether oxygens (including phenoxy) is 1. The number of fused-ring (bicyclic) bond motifs is 3. The summed E-state index contributed by atoms with van der Waals surface area (Å²) in [6.45, 7) is 1.26. The van der Waals surface area contributed by atoms with Crippen molar-refractivity contribution >= 4 is 34.2 Å². The van der Waals surface area contributed by atoms with Crippen molar-refractivity contribution in [2.45, 2.75) is 19.8 Å². The van der Waals surface area contributed by atoms with Gasteiger partial charge in [0.2, 0.25) is 0 Å². The largest absolute Gasteiger partial charge is 0.383 e. The molecule has 1 aliphatic rings. The van der Waals surface area contributed by atoms with Crippen LogP contribution in [0.25, 0.3) is 10.9 Å². The molecule has 0 bridgehead atoms. The van der Waals surface area contributed by atoms with E-state index in [9.17, 15) is 4.79 Å². The second-order valence-electron chi connectivity index (χ2n) is 6.16. The molecule has 0 aliphatic carbocycles. The zero-order valence-corrected chi connectivity index (χ0v) is 14.8. The van der Waals surface area contributed by atoms with E-state index < -0.39 is 0 Å². The number of rotatable bonds is 3. The molecule has 0 unspecified atom stereocenters. The molecule has 3 aromatic heterocycles. The van der Waals surface area contributed by atoms with Crippen molar-refractivity contribution < 1.29 is 9.53 Å². The van der Waals surface area contributed by atoms with Crippen LogP contribution in [0, 0.1) is 0 Å². The smallest absolute Gasteiger partial charge is 0.272 e. The molecule has 26 heavy (non-hydrogen) atoms. The molecule has 4 heterocycles. The van der Waals surface area contributed by atoms with Crippen LogP contribution in [-0.4, -0.2) is 32.8 Å². The Balaban J connectivity index is 1.64. The Labute approximate surface area is 154 Å². The van der Waals surface area contributed by atoms with E-state index in [2.05, 4.69) is 15.0 Å². The van der Waals surface area contributed by atoms with Gasteiger partial charge in [0.1, 0.15) is 11.5 Å². The van der Waals surface area contributed by atoms with Gasteiger partial charge in [-0.25, -0.2) is 9.97 Å². The minimum atomic E-state index is -0.201. The fraction of sp³-hybridized carbons (Fsp3) is 0.222. The van der Waals surface area contributed by atoms with Crippen molar-refractivity contribution in [2.75, 3.05) is 12.8 Å². The highest BCUT2D eigenvalue weighted by molar-refractivity contribution is 6.30. The Morgan fingerprint density at radius 3 is 2.85 bits per heavy atom. The number of amides is 1. The van der Waals surface area contributed by atoms with Gasteiger partial charge in [-0.05, 0) is 23.8 Å². The molecule has 1 aliphatic heterocycles. The summed E-state index contributed by atoms with van der Waals surface area (Å²) in [5, 5.41) is 1.41.